The Bertz CT molecular complexity index is 517. The van der Waals surface area contributed by atoms with Crippen LogP contribution < -0.4 is 10.0 Å². The number of halogens is 1. The van der Waals surface area contributed by atoms with E-state index in [4.69, 9.17) is 0 Å². The normalized spacial score (nSPS) is 13.5. The van der Waals surface area contributed by atoms with Crippen LogP contribution in [0.4, 0.5) is 0 Å². The molecule has 0 aliphatic carbocycles. The molecule has 0 saturated heterocycles. The fourth-order valence-corrected chi connectivity index (χ4v) is 3.72. The van der Waals surface area contributed by atoms with Crippen molar-refractivity contribution in [2.75, 3.05) is 13.6 Å². The molecule has 0 fully saturated rings. The molecule has 0 saturated carbocycles. The minimum Gasteiger partial charge on any atom is -0.316 e. The number of hydrogen-bond acceptors (Lipinski definition) is 3. The molecule has 4 nitrogen and oxygen atoms in total. The lowest BCUT2D eigenvalue weighted by atomic mass is 10.1. The molecular weight excluding hydrogens is 328 g/mol. The van der Waals surface area contributed by atoms with Gasteiger partial charge in [-0.05, 0) is 46.6 Å². The summed E-state index contributed by atoms with van der Waals surface area (Å²) in [5.74, 6) is 0.328. The lowest BCUT2D eigenvalue weighted by Crippen LogP contribution is -2.28. The first-order valence-electron chi connectivity index (χ1n) is 6.33. The Kier molecular flexibility index (Phi) is 6.46. The number of sulfonamides is 1. The molecule has 1 atom stereocenters. The van der Waals surface area contributed by atoms with E-state index in [1.165, 1.54) is 0 Å². The van der Waals surface area contributed by atoms with Gasteiger partial charge in [0.2, 0.25) is 10.0 Å². The predicted octanol–water partition coefficient (Wildman–Crippen LogP) is 2.49. The molecule has 0 aliphatic rings. The van der Waals surface area contributed by atoms with Gasteiger partial charge in [0, 0.05) is 17.6 Å². The van der Waals surface area contributed by atoms with E-state index < -0.39 is 10.0 Å². The van der Waals surface area contributed by atoms with Crippen LogP contribution >= 0.6 is 15.9 Å². The molecule has 2 N–H and O–H groups in total. The lowest BCUT2D eigenvalue weighted by Gasteiger charge is -2.13. The van der Waals surface area contributed by atoms with Gasteiger partial charge in [0.05, 0.1) is 4.90 Å². The molecule has 0 aromatic heterocycles. The summed E-state index contributed by atoms with van der Waals surface area (Å²) in [6, 6.07) is 5.36. The maximum absolute atomic E-state index is 12.3. The van der Waals surface area contributed by atoms with Crippen LogP contribution in [0.2, 0.25) is 0 Å². The maximum atomic E-state index is 12.3. The van der Waals surface area contributed by atoms with Crippen molar-refractivity contribution < 1.29 is 8.42 Å². The highest BCUT2D eigenvalue weighted by molar-refractivity contribution is 9.10. The van der Waals surface area contributed by atoms with Crippen LogP contribution in [0.5, 0.6) is 0 Å². The van der Waals surface area contributed by atoms with Crippen molar-refractivity contribution in [1.29, 1.82) is 0 Å². The largest absolute Gasteiger partial charge is 0.316 e. The van der Waals surface area contributed by atoms with E-state index in [0.29, 0.717) is 28.4 Å². The van der Waals surface area contributed by atoms with Crippen LogP contribution in [0.3, 0.4) is 0 Å². The topological polar surface area (TPSA) is 58.2 Å². The molecule has 1 unspecified atom stereocenters. The zero-order valence-corrected chi connectivity index (χ0v) is 13.9. The maximum Gasteiger partial charge on any atom is 0.241 e. The average molecular weight is 349 g/mol. The van der Waals surface area contributed by atoms with Gasteiger partial charge in [0.25, 0.3) is 0 Å². The Morgan fingerprint density at radius 1 is 1.37 bits per heavy atom. The molecule has 19 heavy (non-hydrogen) atoms. The molecule has 108 valence electrons. The first-order valence-corrected chi connectivity index (χ1v) is 8.61. The molecule has 0 bridgehead atoms. The van der Waals surface area contributed by atoms with Crippen molar-refractivity contribution in [2.24, 2.45) is 5.92 Å². The highest BCUT2D eigenvalue weighted by atomic mass is 79.9. The zero-order valence-electron chi connectivity index (χ0n) is 11.5. The van der Waals surface area contributed by atoms with Crippen LogP contribution in [0.15, 0.2) is 27.6 Å². The fourth-order valence-electron chi connectivity index (χ4n) is 1.54. The van der Waals surface area contributed by atoms with Crippen molar-refractivity contribution in [3.05, 3.63) is 28.2 Å². The van der Waals surface area contributed by atoms with E-state index >= 15 is 0 Å². The number of hydrogen-bond donors (Lipinski definition) is 2. The van der Waals surface area contributed by atoms with Gasteiger partial charge < -0.3 is 5.32 Å². The lowest BCUT2D eigenvalue weighted by molar-refractivity contribution is 0.528. The Morgan fingerprint density at radius 2 is 2.05 bits per heavy atom. The number of nitrogens with one attached hydrogen (secondary N) is 2. The molecule has 0 amide bonds. The molecule has 0 aliphatic heterocycles. The number of benzene rings is 1. The van der Waals surface area contributed by atoms with Gasteiger partial charge in [-0.25, -0.2) is 13.1 Å². The first-order chi connectivity index (χ1) is 8.90. The summed E-state index contributed by atoms with van der Waals surface area (Å²) < 4.78 is 27.8. The van der Waals surface area contributed by atoms with Crippen molar-refractivity contribution in [1.82, 2.24) is 10.0 Å². The monoisotopic (exact) mass is 348 g/mol. The molecule has 0 heterocycles. The Hall–Kier alpha value is -0.430. The third-order valence-corrected chi connectivity index (χ3v) is 5.40. The van der Waals surface area contributed by atoms with E-state index in [0.717, 1.165) is 12.0 Å². The van der Waals surface area contributed by atoms with E-state index in [2.05, 4.69) is 26.0 Å². The SMILES string of the molecule is CCC(C)CNS(=O)(=O)c1cc(CNC)ccc1Br. The van der Waals surface area contributed by atoms with E-state index in [1.54, 1.807) is 12.1 Å². The van der Waals surface area contributed by atoms with Gasteiger partial charge >= 0.3 is 0 Å². The Balaban J connectivity index is 2.96. The minimum atomic E-state index is -3.46. The van der Waals surface area contributed by atoms with E-state index in [9.17, 15) is 8.42 Å². The molecular formula is C13H21BrN2O2S. The van der Waals surface area contributed by atoms with Crippen LogP contribution in [0.1, 0.15) is 25.8 Å². The Labute approximate surface area is 124 Å². The van der Waals surface area contributed by atoms with Gasteiger partial charge in [0.15, 0.2) is 0 Å². The average Bonchev–Trinajstić information content (AvgIpc) is 2.38. The molecule has 1 aromatic carbocycles. The van der Waals surface area contributed by atoms with E-state index in [1.807, 2.05) is 27.0 Å². The van der Waals surface area contributed by atoms with E-state index in [-0.39, 0.29) is 0 Å². The molecule has 0 spiro atoms. The smallest absolute Gasteiger partial charge is 0.241 e. The highest BCUT2D eigenvalue weighted by Crippen LogP contribution is 2.23. The zero-order chi connectivity index (χ0) is 14.5. The van der Waals surface area contributed by atoms with Crippen LogP contribution in [-0.2, 0) is 16.6 Å². The summed E-state index contributed by atoms with van der Waals surface area (Å²) in [7, 11) is -1.63. The summed E-state index contributed by atoms with van der Waals surface area (Å²) in [5, 5.41) is 3.01. The summed E-state index contributed by atoms with van der Waals surface area (Å²) in [6.07, 6.45) is 0.948. The quantitative estimate of drug-likeness (QED) is 0.795. The van der Waals surface area contributed by atoms with Crippen molar-refractivity contribution in [3.63, 3.8) is 0 Å². The summed E-state index contributed by atoms with van der Waals surface area (Å²) >= 11 is 3.30. The second-order valence-electron chi connectivity index (χ2n) is 4.66. The predicted molar refractivity (Wildman–Crippen MR) is 81.5 cm³/mol. The van der Waals surface area contributed by atoms with Crippen LogP contribution in [0, 0.1) is 5.92 Å². The minimum absolute atomic E-state index is 0.295. The third-order valence-electron chi connectivity index (χ3n) is 2.98. The molecule has 1 rings (SSSR count). The van der Waals surface area contributed by atoms with Gasteiger partial charge in [-0.1, -0.05) is 26.3 Å². The summed E-state index contributed by atoms with van der Waals surface area (Å²) in [6.45, 7) is 5.17. The molecule has 6 heteroatoms. The summed E-state index contributed by atoms with van der Waals surface area (Å²) in [4.78, 5) is 0.295. The van der Waals surface area contributed by atoms with Crippen molar-refractivity contribution >= 4 is 26.0 Å². The van der Waals surface area contributed by atoms with Crippen molar-refractivity contribution in [3.8, 4) is 0 Å². The molecule has 1 aromatic rings. The van der Waals surface area contributed by atoms with Gasteiger partial charge in [0.1, 0.15) is 0 Å². The summed E-state index contributed by atoms with van der Waals surface area (Å²) in [5.41, 5.74) is 0.939. The number of rotatable bonds is 7. The second kappa shape index (κ2) is 7.38. The van der Waals surface area contributed by atoms with Gasteiger partial charge in [-0.3, -0.25) is 0 Å². The Morgan fingerprint density at radius 3 is 2.63 bits per heavy atom. The molecule has 0 radical (unpaired) electrons. The van der Waals surface area contributed by atoms with Gasteiger partial charge in [-0.2, -0.15) is 0 Å². The highest BCUT2D eigenvalue weighted by Gasteiger charge is 2.18. The van der Waals surface area contributed by atoms with Crippen LogP contribution in [0.25, 0.3) is 0 Å². The van der Waals surface area contributed by atoms with Crippen molar-refractivity contribution in [2.45, 2.75) is 31.7 Å². The third kappa shape index (κ3) is 4.87. The first kappa shape index (κ1) is 16.6. The van der Waals surface area contributed by atoms with Crippen LogP contribution in [-0.4, -0.2) is 22.0 Å². The van der Waals surface area contributed by atoms with Gasteiger partial charge in [-0.15, -0.1) is 0 Å². The standard InChI is InChI=1S/C13H21BrN2O2S/c1-4-10(2)8-16-19(17,18)13-7-11(9-15-3)5-6-12(13)14/h5-7,10,15-16H,4,8-9H2,1-3H3. The fraction of sp³-hybridized carbons (Fsp3) is 0.538. The second-order valence-corrected chi connectivity index (χ2v) is 7.25.